The maximum atomic E-state index is 13.8. The van der Waals surface area contributed by atoms with E-state index in [4.69, 9.17) is 27.9 Å². The van der Waals surface area contributed by atoms with Gasteiger partial charge in [0.25, 0.3) is 5.91 Å². The smallest absolute Gasteiger partial charge is 0.261 e. The number of halogens is 2. The summed E-state index contributed by atoms with van der Waals surface area (Å²) < 4.78 is 5.98. The topological polar surface area (TPSA) is 58.6 Å². The molecule has 0 spiro atoms. The van der Waals surface area contributed by atoms with Gasteiger partial charge < -0.3 is 15.0 Å². The molecular weight excluding hydrogens is 519 g/mol. The normalized spacial score (nSPS) is 14.2. The highest BCUT2D eigenvalue weighted by molar-refractivity contribution is 6.35. The van der Waals surface area contributed by atoms with E-state index in [0.29, 0.717) is 27.8 Å². The van der Waals surface area contributed by atoms with Crippen LogP contribution in [-0.2, 0) is 22.6 Å². The third kappa shape index (κ3) is 7.52. The number of hydrogen-bond acceptors (Lipinski definition) is 3. The molecule has 1 N–H and O–H groups in total. The van der Waals surface area contributed by atoms with E-state index in [1.54, 1.807) is 23.1 Å². The van der Waals surface area contributed by atoms with Crippen LogP contribution in [0.25, 0.3) is 0 Å². The molecule has 1 fully saturated rings. The fraction of sp³-hybridized carbons (Fsp3) is 0.355. The Morgan fingerprint density at radius 1 is 1.00 bits per heavy atom. The quantitative estimate of drug-likeness (QED) is 0.305. The van der Waals surface area contributed by atoms with Crippen molar-refractivity contribution in [2.45, 2.75) is 64.6 Å². The number of rotatable bonds is 10. The number of nitrogens with zero attached hydrogens (tertiary/aromatic N) is 1. The number of carbonyl (C=O) groups is 2. The van der Waals surface area contributed by atoms with Crippen molar-refractivity contribution in [1.29, 1.82) is 0 Å². The minimum atomic E-state index is -0.737. The summed E-state index contributed by atoms with van der Waals surface area (Å²) in [5.41, 5.74) is 3.66. The Morgan fingerprint density at radius 2 is 1.74 bits per heavy atom. The molecule has 5 nitrogen and oxygen atoms in total. The fourth-order valence-corrected chi connectivity index (χ4v) is 5.31. The predicted octanol–water partition coefficient (Wildman–Crippen LogP) is 6.69. The van der Waals surface area contributed by atoms with Crippen molar-refractivity contribution >= 4 is 35.0 Å². The van der Waals surface area contributed by atoms with E-state index in [2.05, 4.69) is 5.32 Å². The van der Waals surface area contributed by atoms with Crippen LogP contribution < -0.4 is 10.1 Å². The monoisotopic (exact) mass is 552 g/mol. The second kappa shape index (κ2) is 13.2. The molecular formula is C31H34Cl2N2O3. The van der Waals surface area contributed by atoms with Gasteiger partial charge in [-0.3, -0.25) is 9.59 Å². The average molecular weight is 554 g/mol. The third-order valence-corrected chi connectivity index (χ3v) is 7.61. The van der Waals surface area contributed by atoms with Crippen LogP contribution in [0.4, 0.5) is 0 Å². The van der Waals surface area contributed by atoms with Crippen LogP contribution in [-0.4, -0.2) is 35.4 Å². The van der Waals surface area contributed by atoms with Crippen molar-refractivity contribution in [1.82, 2.24) is 10.2 Å². The molecule has 7 heteroatoms. The number of ether oxygens (including phenoxy) is 1. The third-order valence-electron chi connectivity index (χ3n) is 7.02. The van der Waals surface area contributed by atoms with E-state index >= 15 is 0 Å². The van der Waals surface area contributed by atoms with Crippen molar-refractivity contribution < 1.29 is 14.3 Å². The van der Waals surface area contributed by atoms with E-state index in [1.165, 1.54) is 0 Å². The van der Waals surface area contributed by atoms with Crippen LogP contribution in [0.5, 0.6) is 5.75 Å². The summed E-state index contributed by atoms with van der Waals surface area (Å²) in [5, 5.41) is 4.16. The van der Waals surface area contributed by atoms with Crippen molar-refractivity contribution in [3.63, 3.8) is 0 Å². The molecule has 1 aliphatic rings. The average Bonchev–Trinajstić information content (AvgIpc) is 3.41. The predicted molar refractivity (Wildman–Crippen MR) is 153 cm³/mol. The largest absolute Gasteiger partial charge is 0.483 e. The number of amides is 2. The Bertz CT molecular complexity index is 1260. The Balaban J connectivity index is 1.65. The first-order valence-electron chi connectivity index (χ1n) is 13.1. The van der Waals surface area contributed by atoms with Crippen LogP contribution in [0.15, 0.2) is 66.7 Å². The minimum absolute atomic E-state index is 0.128. The summed E-state index contributed by atoms with van der Waals surface area (Å²) in [4.78, 5) is 29.2. The van der Waals surface area contributed by atoms with Gasteiger partial charge in [-0.25, -0.2) is 0 Å². The first-order valence-corrected chi connectivity index (χ1v) is 13.8. The summed E-state index contributed by atoms with van der Waals surface area (Å²) in [7, 11) is 0. The zero-order valence-electron chi connectivity index (χ0n) is 21.9. The van der Waals surface area contributed by atoms with E-state index in [1.807, 2.05) is 62.4 Å². The number of nitrogens with one attached hydrogen (secondary N) is 1. The summed E-state index contributed by atoms with van der Waals surface area (Å²) in [6, 6.07) is 20.2. The number of hydrogen-bond donors (Lipinski definition) is 1. The van der Waals surface area contributed by atoms with Gasteiger partial charge in [0.15, 0.2) is 6.61 Å². The van der Waals surface area contributed by atoms with Crippen LogP contribution in [0, 0.1) is 13.8 Å². The van der Waals surface area contributed by atoms with Gasteiger partial charge in [-0.1, -0.05) is 84.6 Å². The lowest BCUT2D eigenvalue weighted by atomic mass is 10.0. The lowest BCUT2D eigenvalue weighted by Crippen LogP contribution is -2.53. The van der Waals surface area contributed by atoms with Crippen LogP contribution in [0.2, 0.25) is 10.0 Å². The molecule has 38 heavy (non-hydrogen) atoms. The highest BCUT2D eigenvalue weighted by Crippen LogP contribution is 2.25. The molecule has 1 atom stereocenters. The van der Waals surface area contributed by atoms with Gasteiger partial charge in [-0.2, -0.15) is 0 Å². The van der Waals surface area contributed by atoms with Gasteiger partial charge in [0.1, 0.15) is 11.8 Å². The van der Waals surface area contributed by atoms with Crippen molar-refractivity contribution in [2.24, 2.45) is 0 Å². The van der Waals surface area contributed by atoms with E-state index in [-0.39, 0.29) is 31.0 Å². The van der Waals surface area contributed by atoms with Gasteiger partial charge in [0, 0.05) is 29.1 Å². The zero-order chi connectivity index (χ0) is 27.1. The molecule has 1 aliphatic carbocycles. The molecule has 1 saturated carbocycles. The maximum absolute atomic E-state index is 13.8. The van der Waals surface area contributed by atoms with Gasteiger partial charge in [-0.05, 0) is 67.1 Å². The second-order valence-electron chi connectivity index (χ2n) is 10.0. The molecule has 0 aromatic heterocycles. The molecule has 2 amide bonds. The summed E-state index contributed by atoms with van der Waals surface area (Å²) in [6.45, 7) is 3.88. The molecule has 200 valence electrons. The standard InChI is InChI=1S/C31H34Cl2N2O3/c1-21-12-13-22(2)29(16-21)38-20-30(36)35(19-24-14-15-25(32)18-27(24)33)28(17-23-8-4-3-5-9-23)31(37)34-26-10-6-7-11-26/h3-5,8-9,12-16,18,26,28H,6-7,10-11,17,19-20H2,1-2H3,(H,34,37). The lowest BCUT2D eigenvalue weighted by Gasteiger charge is -2.32. The number of benzene rings is 3. The Kier molecular flexibility index (Phi) is 9.70. The molecule has 0 bridgehead atoms. The van der Waals surface area contributed by atoms with Crippen molar-refractivity contribution in [3.8, 4) is 5.75 Å². The van der Waals surface area contributed by atoms with Gasteiger partial charge in [0.05, 0.1) is 0 Å². The lowest BCUT2D eigenvalue weighted by molar-refractivity contribution is -0.143. The van der Waals surface area contributed by atoms with Gasteiger partial charge >= 0.3 is 0 Å². The minimum Gasteiger partial charge on any atom is -0.483 e. The molecule has 0 radical (unpaired) electrons. The SMILES string of the molecule is Cc1ccc(C)c(OCC(=O)N(Cc2ccc(Cl)cc2Cl)C(Cc2ccccc2)C(=O)NC2CCCC2)c1. The highest BCUT2D eigenvalue weighted by atomic mass is 35.5. The fourth-order valence-electron chi connectivity index (χ4n) is 4.84. The van der Waals surface area contributed by atoms with Crippen LogP contribution >= 0.6 is 23.2 Å². The first kappa shape index (κ1) is 28.0. The van der Waals surface area contributed by atoms with Crippen molar-refractivity contribution in [2.75, 3.05) is 6.61 Å². The van der Waals surface area contributed by atoms with E-state index in [9.17, 15) is 9.59 Å². The Morgan fingerprint density at radius 3 is 2.45 bits per heavy atom. The molecule has 0 saturated heterocycles. The molecule has 4 rings (SSSR count). The highest BCUT2D eigenvalue weighted by Gasteiger charge is 2.32. The second-order valence-corrected chi connectivity index (χ2v) is 10.9. The van der Waals surface area contributed by atoms with Crippen LogP contribution in [0.3, 0.4) is 0 Å². The number of carbonyl (C=O) groups excluding carboxylic acids is 2. The number of aryl methyl sites for hydroxylation is 2. The maximum Gasteiger partial charge on any atom is 0.261 e. The molecule has 3 aromatic rings. The Hall–Kier alpha value is -3.02. The van der Waals surface area contributed by atoms with Crippen molar-refractivity contribution in [3.05, 3.63) is 99.0 Å². The Labute approximate surface area is 235 Å². The molecule has 0 aliphatic heterocycles. The van der Waals surface area contributed by atoms with Gasteiger partial charge in [-0.15, -0.1) is 0 Å². The van der Waals surface area contributed by atoms with E-state index < -0.39 is 6.04 Å². The molecule has 1 unspecified atom stereocenters. The first-order chi connectivity index (χ1) is 18.3. The van der Waals surface area contributed by atoms with Gasteiger partial charge in [0.2, 0.25) is 5.91 Å². The van der Waals surface area contributed by atoms with E-state index in [0.717, 1.165) is 42.4 Å². The summed E-state index contributed by atoms with van der Waals surface area (Å²) in [6.07, 6.45) is 4.48. The molecule has 0 heterocycles. The zero-order valence-corrected chi connectivity index (χ0v) is 23.4. The van der Waals surface area contributed by atoms with Crippen LogP contribution in [0.1, 0.15) is 47.9 Å². The molecule has 3 aromatic carbocycles. The summed E-state index contributed by atoms with van der Waals surface area (Å²) in [5.74, 6) is 0.197. The summed E-state index contributed by atoms with van der Waals surface area (Å²) >= 11 is 12.6.